The fourth-order valence-electron chi connectivity index (χ4n) is 2.95. The van der Waals surface area contributed by atoms with Crippen LogP contribution >= 0.6 is 11.3 Å². The lowest BCUT2D eigenvalue weighted by Gasteiger charge is -2.17. The number of benzene rings is 2. The number of thiazole rings is 1. The smallest absolute Gasteiger partial charge is 0.261 e. The van der Waals surface area contributed by atoms with Crippen molar-refractivity contribution in [3.8, 4) is 22.1 Å². The number of ether oxygens (including phenoxy) is 2. The van der Waals surface area contributed by atoms with Gasteiger partial charge in [-0.2, -0.15) is 0 Å². The van der Waals surface area contributed by atoms with Crippen molar-refractivity contribution in [1.29, 1.82) is 0 Å². The van der Waals surface area contributed by atoms with Crippen LogP contribution in [-0.2, 0) is 11.3 Å². The molecule has 1 unspecified atom stereocenters. The van der Waals surface area contributed by atoms with E-state index in [1.165, 1.54) is 5.56 Å². The maximum absolute atomic E-state index is 12.5. The lowest BCUT2D eigenvalue weighted by molar-refractivity contribution is -0.127. The molecule has 6 heteroatoms. The number of rotatable bonds is 7. The maximum atomic E-state index is 12.5. The molecule has 1 atom stereocenters. The second-order valence-electron chi connectivity index (χ2n) is 6.97. The SMILES string of the molecule is COc1cc(C)ccc1OC(C)C(=O)NCc1sc(-c2ccccc2C)nc1C. The van der Waals surface area contributed by atoms with Gasteiger partial charge in [-0.05, 0) is 51.0 Å². The molecule has 3 aromatic rings. The Labute approximate surface area is 175 Å². The van der Waals surface area contributed by atoms with Gasteiger partial charge in [0.05, 0.1) is 19.3 Å². The van der Waals surface area contributed by atoms with Crippen LogP contribution in [0.4, 0.5) is 0 Å². The number of carbonyl (C=O) groups is 1. The summed E-state index contributed by atoms with van der Waals surface area (Å²) in [7, 11) is 1.59. The van der Waals surface area contributed by atoms with Gasteiger partial charge in [-0.1, -0.05) is 30.3 Å². The molecule has 0 saturated carbocycles. The Morgan fingerprint density at radius 2 is 1.90 bits per heavy atom. The van der Waals surface area contributed by atoms with Crippen LogP contribution in [0.15, 0.2) is 42.5 Å². The first-order valence-corrected chi connectivity index (χ1v) is 10.3. The van der Waals surface area contributed by atoms with E-state index in [0.717, 1.165) is 26.7 Å². The zero-order valence-corrected chi connectivity index (χ0v) is 18.2. The minimum Gasteiger partial charge on any atom is -0.493 e. The molecule has 1 amide bonds. The Bertz CT molecular complexity index is 1010. The summed E-state index contributed by atoms with van der Waals surface area (Å²) in [5.74, 6) is 0.986. The Morgan fingerprint density at radius 3 is 2.62 bits per heavy atom. The van der Waals surface area contributed by atoms with Gasteiger partial charge in [0.2, 0.25) is 0 Å². The molecular formula is C23H26N2O3S. The molecule has 1 N–H and O–H groups in total. The van der Waals surface area contributed by atoms with Crippen molar-refractivity contribution in [3.05, 3.63) is 64.2 Å². The van der Waals surface area contributed by atoms with Crippen molar-refractivity contribution in [3.63, 3.8) is 0 Å². The molecule has 1 aromatic heterocycles. The van der Waals surface area contributed by atoms with Gasteiger partial charge in [0.15, 0.2) is 17.6 Å². The number of hydrogen-bond donors (Lipinski definition) is 1. The van der Waals surface area contributed by atoms with E-state index in [-0.39, 0.29) is 5.91 Å². The average molecular weight is 411 g/mol. The second-order valence-corrected chi connectivity index (χ2v) is 8.06. The van der Waals surface area contributed by atoms with Gasteiger partial charge in [0, 0.05) is 10.4 Å². The molecule has 0 aliphatic rings. The van der Waals surface area contributed by atoms with E-state index < -0.39 is 6.10 Å². The minimum absolute atomic E-state index is 0.183. The Morgan fingerprint density at radius 1 is 1.14 bits per heavy atom. The van der Waals surface area contributed by atoms with Crippen molar-refractivity contribution >= 4 is 17.2 Å². The third-order valence-corrected chi connectivity index (χ3v) is 5.87. The summed E-state index contributed by atoms with van der Waals surface area (Å²) in [6.07, 6.45) is -0.643. The minimum atomic E-state index is -0.643. The summed E-state index contributed by atoms with van der Waals surface area (Å²) >= 11 is 1.61. The summed E-state index contributed by atoms with van der Waals surface area (Å²) in [6.45, 7) is 8.17. The molecule has 0 spiro atoms. The molecule has 2 aromatic carbocycles. The van der Waals surface area contributed by atoms with Crippen molar-refractivity contribution in [1.82, 2.24) is 10.3 Å². The summed E-state index contributed by atoms with van der Waals surface area (Å²) in [6, 6.07) is 13.8. The average Bonchev–Trinajstić information content (AvgIpc) is 3.08. The molecule has 29 heavy (non-hydrogen) atoms. The second kappa shape index (κ2) is 9.09. The molecule has 152 valence electrons. The quantitative estimate of drug-likeness (QED) is 0.606. The van der Waals surface area contributed by atoms with Gasteiger partial charge in [-0.15, -0.1) is 11.3 Å². The molecule has 5 nitrogen and oxygen atoms in total. The molecule has 0 radical (unpaired) electrons. The predicted octanol–water partition coefficient (Wildman–Crippen LogP) is 4.83. The molecule has 0 aliphatic carbocycles. The topological polar surface area (TPSA) is 60.5 Å². The van der Waals surface area contributed by atoms with Crippen LogP contribution in [0.3, 0.4) is 0 Å². The van der Waals surface area contributed by atoms with Crippen LogP contribution in [-0.4, -0.2) is 24.1 Å². The number of aryl methyl sites for hydroxylation is 3. The maximum Gasteiger partial charge on any atom is 0.261 e. The molecule has 0 fully saturated rings. The lowest BCUT2D eigenvalue weighted by Crippen LogP contribution is -2.35. The van der Waals surface area contributed by atoms with Crippen molar-refractivity contribution in [2.24, 2.45) is 0 Å². The predicted molar refractivity (Wildman–Crippen MR) is 117 cm³/mol. The fourth-order valence-corrected chi connectivity index (χ4v) is 4.04. The Balaban J connectivity index is 1.64. The van der Waals surface area contributed by atoms with E-state index in [4.69, 9.17) is 9.47 Å². The highest BCUT2D eigenvalue weighted by Crippen LogP contribution is 2.30. The van der Waals surface area contributed by atoms with Crippen molar-refractivity contribution in [2.75, 3.05) is 7.11 Å². The van der Waals surface area contributed by atoms with Crippen LogP contribution in [0, 0.1) is 20.8 Å². The zero-order chi connectivity index (χ0) is 21.0. The number of amides is 1. The van der Waals surface area contributed by atoms with Crippen molar-refractivity contribution in [2.45, 2.75) is 40.3 Å². The van der Waals surface area contributed by atoms with Gasteiger partial charge >= 0.3 is 0 Å². The summed E-state index contributed by atoms with van der Waals surface area (Å²) in [5, 5.41) is 3.92. The monoisotopic (exact) mass is 410 g/mol. The standard InChI is InChI=1S/C23H26N2O3S/c1-14-10-11-19(20(12-14)27-5)28-17(4)22(26)24-13-21-16(3)25-23(29-21)18-9-7-6-8-15(18)2/h6-12,17H,13H2,1-5H3,(H,24,26). The van der Waals surface area contributed by atoms with E-state index in [1.807, 2.05) is 44.2 Å². The van der Waals surface area contributed by atoms with E-state index in [9.17, 15) is 4.79 Å². The van der Waals surface area contributed by atoms with Crippen LogP contribution < -0.4 is 14.8 Å². The summed E-state index contributed by atoms with van der Waals surface area (Å²) < 4.78 is 11.2. The van der Waals surface area contributed by atoms with Crippen LogP contribution in [0.5, 0.6) is 11.5 Å². The largest absolute Gasteiger partial charge is 0.493 e. The van der Waals surface area contributed by atoms with E-state index >= 15 is 0 Å². The highest BCUT2D eigenvalue weighted by molar-refractivity contribution is 7.15. The third kappa shape index (κ3) is 4.95. The van der Waals surface area contributed by atoms with Gasteiger partial charge < -0.3 is 14.8 Å². The molecule has 1 heterocycles. The third-order valence-electron chi connectivity index (χ3n) is 4.68. The number of hydrogen-bond acceptors (Lipinski definition) is 5. The number of nitrogens with one attached hydrogen (secondary N) is 1. The zero-order valence-electron chi connectivity index (χ0n) is 17.4. The molecule has 3 rings (SSSR count). The molecular weight excluding hydrogens is 384 g/mol. The highest BCUT2D eigenvalue weighted by atomic mass is 32.1. The molecule has 0 aliphatic heterocycles. The number of nitrogens with zero attached hydrogens (tertiary/aromatic N) is 1. The Kier molecular flexibility index (Phi) is 6.54. The summed E-state index contributed by atoms with van der Waals surface area (Å²) in [5.41, 5.74) is 4.31. The lowest BCUT2D eigenvalue weighted by atomic mass is 10.1. The van der Waals surface area contributed by atoms with Crippen LogP contribution in [0.1, 0.15) is 28.6 Å². The van der Waals surface area contributed by atoms with Gasteiger partial charge in [-0.3, -0.25) is 4.79 Å². The van der Waals surface area contributed by atoms with Gasteiger partial charge in [0.25, 0.3) is 5.91 Å². The van der Waals surface area contributed by atoms with E-state index in [0.29, 0.717) is 18.0 Å². The van der Waals surface area contributed by atoms with E-state index in [1.54, 1.807) is 25.4 Å². The number of methoxy groups -OCH3 is 1. The number of carbonyl (C=O) groups excluding carboxylic acids is 1. The first kappa shape index (κ1) is 20.9. The normalized spacial score (nSPS) is 11.8. The molecule has 0 saturated heterocycles. The first-order chi connectivity index (χ1) is 13.9. The van der Waals surface area contributed by atoms with Crippen LogP contribution in [0.25, 0.3) is 10.6 Å². The molecule has 0 bridgehead atoms. The highest BCUT2D eigenvalue weighted by Gasteiger charge is 2.18. The summed E-state index contributed by atoms with van der Waals surface area (Å²) in [4.78, 5) is 18.3. The van der Waals surface area contributed by atoms with Crippen molar-refractivity contribution < 1.29 is 14.3 Å². The number of aromatic nitrogens is 1. The van der Waals surface area contributed by atoms with Gasteiger partial charge in [0.1, 0.15) is 5.01 Å². The first-order valence-electron chi connectivity index (χ1n) is 9.50. The fraction of sp³-hybridized carbons (Fsp3) is 0.304. The Hall–Kier alpha value is -2.86. The van der Waals surface area contributed by atoms with Crippen LogP contribution in [0.2, 0.25) is 0 Å². The van der Waals surface area contributed by atoms with Gasteiger partial charge in [-0.25, -0.2) is 4.98 Å². The van der Waals surface area contributed by atoms with E-state index in [2.05, 4.69) is 29.4 Å².